The Morgan fingerprint density at radius 2 is 1.53 bits per heavy atom. The van der Waals surface area contributed by atoms with Crippen molar-refractivity contribution in [2.45, 2.75) is 70.6 Å². The molecular formula is C32H38F6N4O5. The molecule has 0 saturated carbocycles. The number of halogens is 6. The summed E-state index contributed by atoms with van der Waals surface area (Å²) in [5, 5.41) is 8.15. The summed E-state index contributed by atoms with van der Waals surface area (Å²) in [6, 6.07) is 13.6. The highest BCUT2D eigenvalue weighted by Crippen LogP contribution is 2.35. The number of esters is 1. The molecule has 258 valence electrons. The maximum Gasteiger partial charge on any atom is 0.389 e. The Labute approximate surface area is 268 Å². The van der Waals surface area contributed by atoms with Crippen LogP contribution in [0.15, 0.2) is 53.5 Å². The molecule has 3 atom stereocenters. The van der Waals surface area contributed by atoms with Crippen LogP contribution >= 0.6 is 0 Å². The Morgan fingerprint density at radius 1 is 0.915 bits per heavy atom. The molecule has 0 saturated heterocycles. The van der Waals surface area contributed by atoms with E-state index in [-0.39, 0.29) is 5.71 Å². The van der Waals surface area contributed by atoms with Gasteiger partial charge in [0.2, 0.25) is 12.1 Å². The number of benzene rings is 2. The minimum absolute atomic E-state index is 0.243. The second-order valence-electron chi connectivity index (χ2n) is 11.9. The monoisotopic (exact) mass is 672 g/mol. The molecule has 1 aliphatic rings. The summed E-state index contributed by atoms with van der Waals surface area (Å²) in [4.78, 5) is 44.9. The zero-order chi connectivity index (χ0) is 35.0. The van der Waals surface area contributed by atoms with Gasteiger partial charge in [-0.3, -0.25) is 14.4 Å². The van der Waals surface area contributed by atoms with E-state index in [9.17, 15) is 40.7 Å². The van der Waals surface area contributed by atoms with Gasteiger partial charge in [-0.1, -0.05) is 42.5 Å². The molecule has 15 heteroatoms. The third-order valence-electron chi connectivity index (χ3n) is 7.03. The van der Waals surface area contributed by atoms with Crippen molar-refractivity contribution in [2.24, 2.45) is 16.8 Å². The van der Waals surface area contributed by atoms with Gasteiger partial charge in [0.15, 0.2) is 0 Å². The molecule has 2 amide bonds. The molecule has 3 N–H and O–H groups in total. The van der Waals surface area contributed by atoms with E-state index < -0.39 is 79.4 Å². The predicted octanol–water partition coefficient (Wildman–Crippen LogP) is 6.24. The van der Waals surface area contributed by atoms with Gasteiger partial charge in [-0.15, -0.1) is 0 Å². The van der Waals surface area contributed by atoms with Gasteiger partial charge in [0.05, 0.1) is 35.5 Å². The maximum absolute atomic E-state index is 13.7. The summed E-state index contributed by atoms with van der Waals surface area (Å²) in [7, 11) is 1.51. The largest absolute Gasteiger partial charge is 0.460 e. The predicted molar refractivity (Wildman–Crippen MR) is 163 cm³/mol. The zero-order valence-corrected chi connectivity index (χ0v) is 26.3. The average molecular weight is 673 g/mol. The normalized spacial score (nSPS) is 16.6. The van der Waals surface area contributed by atoms with Crippen molar-refractivity contribution in [3.63, 3.8) is 0 Å². The Balaban J connectivity index is 2.06. The summed E-state index contributed by atoms with van der Waals surface area (Å²) in [6.45, 7) is 5.00. The number of benzodiazepines with no additional fused rings is 1. The highest BCUT2D eigenvalue weighted by atomic mass is 19.4. The number of hydrogen-bond donors (Lipinski definition) is 3. The van der Waals surface area contributed by atoms with E-state index in [2.05, 4.69) is 20.9 Å². The molecule has 0 radical (unpaired) electrons. The number of ether oxygens (including phenoxy) is 2. The number of anilines is 2. The average Bonchev–Trinajstić information content (AvgIpc) is 3.09. The van der Waals surface area contributed by atoms with E-state index >= 15 is 0 Å². The molecular weight excluding hydrogens is 634 g/mol. The number of hydrogen-bond acceptors (Lipinski definition) is 7. The van der Waals surface area contributed by atoms with Crippen LogP contribution in [0.1, 0.15) is 57.6 Å². The lowest BCUT2D eigenvalue weighted by atomic mass is 9.83. The quantitative estimate of drug-likeness (QED) is 0.132. The van der Waals surface area contributed by atoms with E-state index in [0.717, 1.165) is 0 Å². The molecule has 3 rings (SSSR count). The molecule has 0 aliphatic carbocycles. The van der Waals surface area contributed by atoms with Crippen molar-refractivity contribution in [2.75, 3.05) is 30.9 Å². The highest BCUT2D eigenvalue weighted by molar-refractivity contribution is 6.21. The third-order valence-corrected chi connectivity index (χ3v) is 7.03. The SMILES string of the molecule is COCCNc1cccc2c1NC(=O)C(NC(=O)[C@H](CCC(F)(F)F)[C@H](CCC(F)(F)F)C(=O)OC(C)(C)C)N=C2c1ccccc1. The fourth-order valence-electron chi connectivity index (χ4n) is 4.95. The van der Waals surface area contributed by atoms with Crippen molar-refractivity contribution >= 4 is 34.9 Å². The number of fused-ring (bicyclic) bond motifs is 1. The Bertz CT molecular complexity index is 1420. The number of rotatable bonds is 13. The molecule has 0 spiro atoms. The van der Waals surface area contributed by atoms with Crippen LogP contribution in [-0.2, 0) is 23.9 Å². The van der Waals surface area contributed by atoms with Gasteiger partial charge in [-0.2, -0.15) is 26.3 Å². The molecule has 0 aromatic heterocycles. The van der Waals surface area contributed by atoms with E-state index in [4.69, 9.17) is 9.47 Å². The van der Waals surface area contributed by atoms with Crippen LogP contribution in [0.2, 0.25) is 0 Å². The summed E-state index contributed by atoms with van der Waals surface area (Å²) in [5.74, 6) is -7.23. The van der Waals surface area contributed by atoms with Crippen LogP contribution in [0.5, 0.6) is 0 Å². The van der Waals surface area contributed by atoms with Crippen molar-refractivity contribution in [3.8, 4) is 0 Å². The first-order valence-electron chi connectivity index (χ1n) is 14.9. The van der Waals surface area contributed by atoms with Crippen molar-refractivity contribution in [3.05, 3.63) is 59.7 Å². The molecule has 0 bridgehead atoms. The highest BCUT2D eigenvalue weighted by Gasteiger charge is 2.43. The van der Waals surface area contributed by atoms with E-state index in [1.165, 1.54) is 27.9 Å². The molecule has 47 heavy (non-hydrogen) atoms. The standard InChI is InChI=1S/C32H38F6N4O5/c1-30(2,3)47-29(45)21(14-16-32(36,37)38)20(13-15-31(33,34)35)27(43)42-26-28(44)41-25-22(11-8-12-23(25)39-17-18-46-4)24(40-26)19-9-6-5-7-10-19/h5-12,20-21,26,39H,13-18H2,1-4H3,(H,41,44)(H,42,43)/t20-,21+,26?/m1/s1. The van der Waals surface area contributed by atoms with Gasteiger partial charge in [0.1, 0.15) is 5.60 Å². The lowest BCUT2D eigenvalue weighted by molar-refractivity contribution is -0.171. The van der Waals surface area contributed by atoms with Gasteiger partial charge in [-0.25, -0.2) is 4.99 Å². The number of carbonyl (C=O) groups is 3. The summed E-state index contributed by atoms with van der Waals surface area (Å²) in [5.41, 5.74) is 0.808. The van der Waals surface area contributed by atoms with Crippen LogP contribution < -0.4 is 16.0 Å². The number of nitrogens with one attached hydrogen (secondary N) is 3. The Morgan fingerprint density at radius 3 is 2.11 bits per heavy atom. The molecule has 9 nitrogen and oxygen atoms in total. The lowest BCUT2D eigenvalue weighted by Crippen LogP contribution is -2.48. The fraction of sp³-hybridized carbons (Fsp3) is 0.500. The lowest BCUT2D eigenvalue weighted by Gasteiger charge is -2.30. The second-order valence-corrected chi connectivity index (χ2v) is 11.9. The van der Waals surface area contributed by atoms with Gasteiger partial charge in [0, 0.05) is 37.6 Å². The summed E-state index contributed by atoms with van der Waals surface area (Å²) < 4.78 is 90.3. The first-order chi connectivity index (χ1) is 21.9. The Hall–Kier alpha value is -4.14. The summed E-state index contributed by atoms with van der Waals surface area (Å²) in [6.07, 6.45) is -16.5. The van der Waals surface area contributed by atoms with E-state index in [0.29, 0.717) is 35.7 Å². The fourth-order valence-corrected chi connectivity index (χ4v) is 4.95. The van der Waals surface area contributed by atoms with Crippen molar-refractivity contribution < 1.29 is 50.2 Å². The van der Waals surface area contributed by atoms with Gasteiger partial charge in [-0.05, 0) is 39.7 Å². The summed E-state index contributed by atoms with van der Waals surface area (Å²) >= 11 is 0. The number of nitrogens with zero attached hydrogens (tertiary/aromatic N) is 1. The topological polar surface area (TPSA) is 118 Å². The van der Waals surface area contributed by atoms with Crippen LogP contribution in [-0.4, -0.2) is 67.9 Å². The third kappa shape index (κ3) is 11.6. The number of methoxy groups -OCH3 is 1. The number of amides is 2. The maximum atomic E-state index is 13.7. The van der Waals surface area contributed by atoms with Crippen molar-refractivity contribution in [1.29, 1.82) is 0 Å². The molecule has 1 unspecified atom stereocenters. The molecule has 2 aromatic rings. The van der Waals surface area contributed by atoms with Crippen LogP contribution in [0.3, 0.4) is 0 Å². The van der Waals surface area contributed by atoms with Gasteiger partial charge >= 0.3 is 18.3 Å². The molecule has 0 fully saturated rings. The number of aliphatic imine (C=N–C) groups is 1. The minimum Gasteiger partial charge on any atom is -0.460 e. The first kappa shape index (κ1) is 37.3. The van der Waals surface area contributed by atoms with Gasteiger partial charge in [0.25, 0.3) is 5.91 Å². The zero-order valence-electron chi connectivity index (χ0n) is 26.3. The second kappa shape index (κ2) is 15.6. The van der Waals surface area contributed by atoms with Crippen molar-refractivity contribution in [1.82, 2.24) is 5.32 Å². The van der Waals surface area contributed by atoms with Crippen LogP contribution in [0.25, 0.3) is 0 Å². The van der Waals surface area contributed by atoms with Crippen LogP contribution in [0.4, 0.5) is 37.7 Å². The Kier molecular flexibility index (Phi) is 12.4. The first-order valence-corrected chi connectivity index (χ1v) is 14.9. The van der Waals surface area contributed by atoms with E-state index in [1.54, 1.807) is 48.5 Å². The smallest absolute Gasteiger partial charge is 0.389 e. The molecule has 2 aromatic carbocycles. The number of alkyl halides is 6. The number of carbonyl (C=O) groups excluding carboxylic acids is 3. The molecule has 1 heterocycles. The van der Waals surface area contributed by atoms with Gasteiger partial charge < -0.3 is 25.4 Å². The number of para-hydroxylation sites is 1. The van der Waals surface area contributed by atoms with Crippen LogP contribution in [0, 0.1) is 11.8 Å². The van der Waals surface area contributed by atoms with E-state index in [1.807, 2.05) is 0 Å². The minimum atomic E-state index is -4.80. The molecule has 1 aliphatic heterocycles.